The molecule has 0 aliphatic carbocycles. The van der Waals surface area contributed by atoms with E-state index in [9.17, 15) is 0 Å². The van der Waals surface area contributed by atoms with E-state index in [1.165, 1.54) is 0 Å². The van der Waals surface area contributed by atoms with Crippen molar-refractivity contribution in [2.45, 2.75) is 6.54 Å². The average molecular weight is 267 g/mol. The van der Waals surface area contributed by atoms with Gasteiger partial charge in [0.2, 0.25) is 0 Å². The Morgan fingerprint density at radius 2 is 2.00 bits per heavy atom. The quantitative estimate of drug-likeness (QED) is 0.793. The van der Waals surface area contributed by atoms with Gasteiger partial charge in [0.15, 0.2) is 0 Å². The maximum absolute atomic E-state index is 5.70. The second-order valence-electron chi connectivity index (χ2n) is 4.72. The molecule has 0 unspecified atom stereocenters. The van der Waals surface area contributed by atoms with E-state index in [0.717, 1.165) is 33.7 Å². The first-order valence-corrected chi connectivity index (χ1v) is 6.53. The number of aromatic nitrogens is 2. The van der Waals surface area contributed by atoms with E-state index in [1.807, 2.05) is 43.4 Å². The van der Waals surface area contributed by atoms with Gasteiger partial charge in [0, 0.05) is 13.6 Å². The Kier molecular flexibility index (Phi) is 3.16. The standard InChI is InChI=1S/C16H17N3O/c1-19-14-9-11(10-17)7-8-13(14)18-16(19)12-5-3-4-6-15(12)20-2/h3-9H,10,17H2,1-2H3. The number of benzene rings is 2. The van der Waals surface area contributed by atoms with E-state index in [4.69, 9.17) is 15.5 Å². The molecule has 1 aromatic heterocycles. The van der Waals surface area contributed by atoms with Gasteiger partial charge < -0.3 is 15.0 Å². The van der Waals surface area contributed by atoms with Crippen molar-refractivity contribution < 1.29 is 4.74 Å². The third kappa shape index (κ3) is 1.94. The number of aryl methyl sites for hydroxylation is 1. The second-order valence-corrected chi connectivity index (χ2v) is 4.72. The van der Waals surface area contributed by atoms with E-state index in [-0.39, 0.29) is 0 Å². The number of methoxy groups -OCH3 is 1. The molecule has 0 atom stereocenters. The number of fused-ring (bicyclic) bond motifs is 1. The first kappa shape index (κ1) is 12.7. The number of ether oxygens (including phenoxy) is 1. The van der Waals surface area contributed by atoms with Crippen LogP contribution in [0.3, 0.4) is 0 Å². The van der Waals surface area contributed by atoms with Crippen molar-refractivity contribution >= 4 is 11.0 Å². The third-order valence-corrected chi connectivity index (χ3v) is 3.53. The summed E-state index contributed by atoms with van der Waals surface area (Å²) in [5, 5.41) is 0. The zero-order valence-corrected chi connectivity index (χ0v) is 11.6. The molecule has 2 aromatic carbocycles. The lowest BCUT2D eigenvalue weighted by molar-refractivity contribution is 0.416. The van der Waals surface area contributed by atoms with E-state index < -0.39 is 0 Å². The molecule has 3 aromatic rings. The third-order valence-electron chi connectivity index (χ3n) is 3.53. The molecule has 2 N–H and O–H groups in total. The highest BCUT2D eigenvalue weighted by atomic mass is 16.5. The number of imidazole rings is 1. The molecule has 0 spiro atoms. The molecule has 4 heteroatoms. The summed E-state index contributed by atoms with van der Waals surface area (Å²) in [6.07, 6.45) is 0. The summed E-state index contributed by atoms with van der Waals surface area (Å²) in [5.41, 5.74) is 9.84. The summed E-state index contributed by atoms with van der Waals surface area (Å²) in [5.74, 6) is 1.72. The van der Waals surface area contributed by atoms with Gasteiger partial charge in [-0.15, -0.1) is 0 Å². The van der Waals surface area contributed by atoms with E-state index >= 15 is 0 Å². The van der Waals surface area contributed by atoms with Crippen LogP contribution in [-0.4, -0.2) is 16.7 Å². The highest BCUT2D eigenvalue weighted by molar-refractivity contribution is 5.82. The van der Waals surface area contributed by atoms with Crippen LogP contribution in [0, 0.1) is 0 Å². The lowest BCUT2D eigenvalue weighted by Gasteiger charge is -2.08. The summed E-state index contributed by atoms with van der Waals surface area (Å²) >= 11 is 0. The van der Waals surface area contributed by atoms with E-state index in [1.54, 1.807) is 7.11 Å². The molecule has 3 rings (SSSR count). The predicted octanol–water partition coefficient (Wildman–Crippen LogP) is 2.71. The van der Waals surface area contributed by atoms with Crippen molar-refractivity contribution in [2.75, 3.05) is 7.11 Å². The Hall–Kier alpha value is -2.33. The van der Waals surface area contributed by atoms with Gasteiger partial charge in [-0.1, -0.05) is 18.2 Å². The molecule has 0 radical (unpaired) electrons. The highest BCUT2D eigenvalue weighted by Gasteiger charge is 2.13. The minimum atomic E-state index is 0.533. The van der Waals surface area contributed by atoms with Crippen LogP contribution in [0.1, 0.15) is 5.56 Å². The minimum Gasteiger partial charge on any atom is -0.496 e. The van der Waals surface area contributed by atoms with Crippen LogP contribution in [0.4, 0.5) is 0 Å². The lowest BCUT2D eigenvalue weighted by Crippen LogP contribution is -1.97. The number of hydrogen-bond acceptors (Lipinski definition) is 3. The van der Waals surface area contributed by atoms with Crippen molar-refractivity contribution in [1.29, 1.82) is 0 Å². The fraction of sp³-hybridized carbons (Fsp3) is 0.188. The Balaban J connectivity index is 2.24. The summed E-state index contributed by atoms with van der Waals surface area (Å²) in [7, 11) is 3.69. The topological polar surface area (TPSA) is 53.1 Å². The predicted molar refractivity (Wildman–Crippen MR) is 80.6 cm³/mol. The monoisotopic (exact) mass is 267 g/mol. The Morgan fingerprint density at radius 3 is 2.75 bits per heavy atom. The molecule has 4 nitrogen and oxygen atoms in total. The van der Waals surface area contributed by atoms with E-state index in [0.29, 0.717) is 6.54 Å². The van der Waals surface area contributed by atoms with Gasteiger partial charge >= 0.3 is 0 Å². The molecular formula is C16H17N3O. The number of para-hydroxylation sites is 1. The van der Waals surface area contributed by atoms with Gasteiger partial charge in [0.25, 0.3) is 0 Å². The largest absolute Gasteiger partial charge is 0.496 e. The Bertz CT molecular complexity index is 762. The maximum Gasteiger partial charge on any atom is 0.144 e. The van der Waals surface area contributed by atoms with Crippen molar-refractivity contribution in [2.24, 2.45) is 12.8 Å². The van der Waals surface area contributed by atoms with E-state index in [2.05, 4.69) is 10.6 Å². The molecule has 102 valence electrons. The van der Waals surface area contributed by atoms with Crippen molar-refractivity contribution in [3.8, 4) is 17.1 Å². The number of hydrogen-bond donors (Lipinski definition) is 1. The molecule has 0 saturated heterocycles. The Labute approximate surface area is 117 Å². The van der Waals surface area contributed by atoms with Gasteiger partial charge in [-0.3, -0.25) is 0 Å². The van der Waals surface area contributed by atoms with Gasteiger partial charge in [0.1, 0.15) is 11.6 Å². The molecular weight excluding hydrogens is 250 g/mol. The lowest BCUT2D eigenvalue weighted by atomic mass is 10.2. The molecule has 20 heavy (non-hydrogen) atoms. The summed E-state index contributed by atoms with van der Waals surface area (Å²) in [6.45, 7) is 0.533. The molecule has 0 aliphatic rings. The summed E-state index contributed by atoms with van der Waals surface area (Å²) < 4.78 is 7.50. The molecule has 0 amide bonds. The highest BCUT2D eigenvalue weighted by Crippen LogP contribution is 2.31. The summed E-state index contributed by atoms with van der Waals surface area (Å²) in [6, 6.07) is 14.0. The second kappa shape index (κ2) is 4.98. The normalized spacial score (nSPS) is 10.9. The Morgan fingerprint density at radius 1 is 1.20 bits per heavy atom. The number of rotatable bonds is 3. The molecule has 0 aliphatic heterocycles. The van der Waals surface area contributed by atoms with Crippen molar-refractivity contribution in [3.63, 3.8) is 0 Å². The minimum absolute atomic E-state index is 0.533. The van der Waals surface area contributed by atoms with Crippen molar-refractivity contribution in [1.82, 2.24) is 9.55 Å². The molecule has 0 bridgehead atoms. The maximum atomic E-state index is 5.70. The SMILES string of the molecule is COc1ccccc1-c1nc2ccc(CN)cc2n1C. The molecule has 0 fully saturated rings. The van der Waals surface area contributed by atoms with Crippen LogP contribution in [0.5, 0.6) is 5.75 Å². The number of nitrogens with zero attached hydrogens (tertiary/aromatic N) is 2. The van der Waals surface area contributed by atoms with Gasteiger partial charge in [-0.25, -0.2) is 4.98 Å². The fourth-order valence-corrected chi connectivity index (χ4v) is 2.43. The van der Waals surface area contributed by atoms with Crippen LogP contribution in [0.25, 0.3) is 22.4 Å². The first-order valence-electron chi connectivity index (χ1n) is 6.53. The van der Waals surface area contributed by atoms with Gasteiger partial charge in [0.05, 0.1) is 23.7 Å². The van der Waals surface area contributed by atoms with Gasteiger partial charge in [-0.05, 0) is 29.8 Å². The molecule has 1 heterocycles. The average Bonchev–Trinajstić information content (AvgIpc) is 2.83. The number of nitrogens with two attached hydrogens (primary N) is 1. The zero-order chi connectivity index (χ0) is 14.1. The van der Waals surface area contributed by atoms with Crippen molar-refractivity contribution in [3.05, 3.63) is 48.0 Å². The van der Waals surface area contributed by atoms with Crippen LogP contribution >= 0.6 is 0 Å². The zero-order valence-electron chi connectivity index (χ0n) is 11.6. The van der Waals surface area contributed by atoms with Gasteiger partial charge in [-0.2, -0.15) is 0 Å². The smallest absolute Gasteiger partial charge is 0.144 e. The van der Waals surface area contributed by atoms with Crippen LogP contribution in [-0.2, 0) is 13.6 Å². The first-order chi connectivity index (χ1) is 9.74. The van der Waals surface area contributed by atoms with Crippen LogP contribution in [0.15, 0.2) is 42.5 Å². The van der Waals surface area contributed by atoms with Crippen LogP contribution in [0.2, 0.25) is 0 Å². The summed E-state index contributed by atoms with van der Waals surface area (Å²) in [4.78, 5) is 4.71. The fourth-order valence-electron chi connectivity index (χ4n) is 2.43. The molecule has 0 saturated carbocycles. The van der Waals surface area contributed by atoms with Crippen LogP contribution < -0.4 is 10.5 Å².